The number of aromatic nitrogens is 3. The van der Waals surface area contributed by atoms with E-state index in [4.69, 9.17) is 0 Å². The quantitative estimate of drug-likeness (QED) is 0.588. The summed E-state index contributed by atoms with van der Waals surface area (Å²) in [5.41, 5.74) is 0. The maximum atomic E-state index is 3.93. The zero-order valence-corrected chi connectivity index (χ0v) is 5.02. The molecule has 1 aliphatic heterocycles. The van der Waals surface area contributed by atoms with Crippen LogP contribution >= 0.6 is 0 Å². The first kappa shape index (κ1) is 5.21. The van der Waals surface area contributed by atoms with Crippen molar-refractivity contribution in [3.63, 3.8) is 0 Å². The molecule has 1 aliphatic rings. The number of rotatable bonds is 1. The average Bonchev–Trinajstić information content (AvgIpc) is 2.59. The van der Waals surface area contributed by atoms with Crippen molar-refractivity contribution in [1.29, 1.82) is 0 Å². The SMILES string of the molecule is c1n[nH]c(C2=NCN=N2)n1. The highest BCUT2D eigenvalue weighted by atomic mass is 15.3. The zero-order valence-electron chi connectivity index (χ0n) is 5.02. The lowest BCUT2D eigenvalue weighted by atomic mass is 10.6. The molecule has 6 nitrogen and oxygen atoms in total. The third kappa shape index (κ3) is 0.697. The van der Waals surface area contributed by atoms with Crippen molar-refractivity contribution < 1.29 is 0 Å². The van der Waals surface area contributed by atoms with E-state index in [-0.39, 0.29) is 0 Å². The molecule has 0 saturated heterocycles. The van der Waals surface area contributed by atoms with E-state index < -0.39 is 0 Å². The van der Waals surface area contributed by atoms with Gasteiger partial charge in [-0.1, -0.05) is 0 Å². The van der Waals surface area contributed by atoms with Gasteiger partial charge in [0.1, 0.15) is 6.33 Å². The third-order valence-corrected chi connectivity index (χ3v) is 1.08. The van der Waals surface area contributed by atoms with Gasteiger partial charge in [0.05, 0.1) is 0 Å². The second-order valence-electron chi connectivity index (χ2n) is 1.70. The monoisotopic (exact) mass is 136 g/mol. The molecule has 0 unspecified atom stereocenters. The Kier molecular flexibility index (Phi) is 1.03. The Morgan fingerprint density at radius 3 is 3.10 bits per heavy atom. The smallest absolute Gasteiger partial charge is 0.216 e. The molecule has 1 aromatic heterocycles. The second kappa shape index (κ2) is 1.98. The van der Waals surface area contributed by atoms with Crippen LogP contribution in [0.5, 0.6) is 0 Å². The first-order valence-corrected chi connectivity index (χ1v) is 2.74. The molecule has 10 heavy (non-hydrogen) atoms. The molecular formula is C4H4N6. The van der Waals surface area contributed by atoms with Crippen LogP contribution in [0.15, 0.2) is 21.5 Å². The number of H-pyrrole nitrogens is 1. The summed E-state index contributed by atoms with van der Waals surface area (Å²) in [6.07, 6.45) is 1.41. The first-order valence-electron chi connectivity index (χ1n) is 2.74. The van der Waals surface area contributed by atoms with E-state index in [0.29, 0.717) is 18.3 Å². The van der Waals surface area contributed by atoms with E-state index in [2.05, 4.69) is 30.4 Å². The van der Waals surface area contributed by atoms with Crippen molar-refractivity contribution >= 4 is 5.84 Å². The Morgan fingerprint density at radius 1 is 1.50 bits per heavy atom. The standard InChI is InChI=1S/C4H4N6/c1-5-3(9-7-1)4-6-2-8-10-4/h1H,2H2,(H,5,7,9). The number of nitrogens with one attached hydrogen (secondary N) is 1. The van der Waals surface area contributed by atoms with E-state index in [9.17, 15) is 0 Å². The Bertz CT molecular complexity index is 270. The Labute approximate surface area is 56.1 Å². The van der Waals surface area contributed by atoms with Crippen molar-refractivity contribution in [2.45, 2.75) is 0 Å². The number of aromatic amines is 1. The van der Waals surface area contributed by atoms with Crippen LogP contribution in [-0.2, 0) is 0 Å². The topological polar surface area (TPSA) is 78.6 Å². The fraction of sp³-hybridized carbons (Fsp3) is 0.250. The number of hydrogen-bond acceptors (Lipinski definition) is 5. The number of amidine groups is 1. The maximum Gasteiger partial charge on any atom is 0.216 e. The molecule has 6 heteroatoms. The molecule has 50 valence electrons. The summed E-state index contributed by atoms with van der Waals surface area (Å²) < 4.78 is 0. The van der Waals surface area contributed by atoms with Crippen LogP contribution in [0.25, 0.3) is 0 Å². The summed E-state index contributed by atoms with van der Waals surface area (Å²) >= 11 is 0. The second-order valence-corrected chi connectivity index (χ2v) is 1.70. The summed E-state index contributed by atoms with van der Waals surface area (Å²) in [7, 11) is 0. The number of nitrogens with zero attached hydrogens (tertiary/aromatic N) is 5. The molecule has 0 amide bonds. The zero-order chi connectivity index (χ0) is 6.81. The summed E-state index contributed by atoms with van der Waals surface area (Å²) in [5.74, 6) is 1.10. The summed E-state index contributed by atoms with van der Waals surface area (Å²) in [4.78, 5) is 7.77. The predicted molar refractivity (Wildman–Crippen MR) is 32.6 cm³/mol. The summed E-state index contributed by atoms with van der Waals surface area (Å²) in [5, 5.41) is 13.7. The molecule has 0 atom stereocenters. The van der Waals surface area contributed by atoms with Crippen LogP contribution in [0, 0.1) is 0 Å². The number of aliphatic imine (C=N–C) groups is 1. The van der Waals surface area contributed by atoms with Crippen LogP contribution in [0.3, 0.4) is 0 Å². The highest BCUT2D eigenvalue weighted by Crippen LogP contribution is 1.99. The van der Waals surface area contributed by atoms with E-state index in [0.717, 1.165) is 0 Å². The van der Waals surface area contributed by atoms with Gasteiger partial charge in [0.25, 0.3) is 0 Å². The highest BCUT2D eigenvalue weighted by Gasteiger charge is 2.07. The Balaban J connectivity index is 2.36. The van der Waals surface area contributed by atoms with Crippen LogP contribution in [0.1, 0.15) is 5.82 Å². The minimum Gasteiger partial charge on any atom is -0.257 e. The van der Waals surface area contributed by atoms with Crippen LogP contribution < -0.4 is 0 Å². The van der Waals surface area contributed by atoms with E-state index in [1.807, 2.05) is 0 Å². The van der Waals surface area contributed by atoms with Gasteiger partial charge in [-0.2, -0.15) is 10.2 Å². The van der Waals surface area contributed by atoms with Crippen molar-refractivity contribution in [2.24, 2.45) is 15.2 Å². The van der Waals surface area contributed by atoms with Gasteiger partial charge in [-0.15, -0.1) is 5.11 Å². The van der Waals surface area contributed by atoms with Crippen molar-refractivity contribution in [2.75, 3.05) is 6.67 Å². The molecular weight excluding hydrogens is 132 g/mol. The molecule has 0 fully saturated rings. The van der Waals surface area contributed by atoms with E-state index in [1.165, 1.54) is 6.33 Å². The van der Waals surface area contributed by atoms with Gasteiger partial charge >= 0.3 is 0 Å². The first-order chi connectivity index (χ1) is 4.97. The normalized spacial score (nSPS) is 15.8. The predicted octanol–water partition coefficient (Wildman–Crippen LogP) is -0.0254. The van der Waals surface area contributed by atoms with Gasteiger partial charge in [0, 0.05) is 0 Å². The molecule has 0 saturated carbocycles. The molecule has 1 N–H and O–H groups in total. The summed E-state index contributed by atoms with van der Waals surface area (Å²) in [6.45, 7) is 0.399. The van der Waals surface area contributed by atoms with Crippen LogP contribution in [0.2, 0.25) is 0 Å². The van der Waals surface area contributed by atoms with Crippen LogP contribution in [0.4, 0.5) is 0 Å². The molecule has 2 rings (SSSR count). The van der Waals surface area contributed by atoms with Crippen molar-refractivity contribution in [3.05, 3.63) is 12.2 Å². The van der Waals surface area contributed by atoms with Crippen molar-refractivity contribution in [1.82, 2.24) is 15.2 Å². The highest BCUT2D eigenvalue weighted by molar-refractivity contribution is 5.96. The van der Waals surface area contributed by atoms with E-state index >= 15 is 0 Å². The Morgan fingerprint density at radius 2 is 2.50 bits per heavy atom. The van der Waals surface area contributed by atoms with Gasteiger partial charge < -0.3 is 0 Å². The third-order valence-electron chi connectivity index (χ3n) is 1.08. The lowest BCUT2D eigenvalue weighted by Crippen LogP contribution is -1.96. The fourth-order valence-corrected chi connectivity index (χ4v) is 0.664. The molecule has 0 aromatic carbocycles. The minimum absolute atomic E-state index is 0.399. The molecule has 0 spiro atoms. The van der Waals surface area contributed by atoms with Crippen molar-refractivity contribution in [3.8, 4) is 0 Å². The largest absolute Gasteiger partial charge is 0.257 e. The minimum atomic E-state index is 0.399. The summed E-state index contributed by atoms with van der Waals surface area (Å²) in [6, 6.07) is 0. The van der Waals surface area contributed by atoms with Crippen LogP contribution in [-0.4, -0.2) is 27.7 Å². The van der Waals surface area contributed by atoms with Gasteiger partial charge in [0.2, 0.25) is 5.84 Å². The molecule has 0 aliphatic carbocycles. The van der Waals surface area contributed by atoms with Gasteiger partial charge in [-0.05, 0) is 0 Å². The fourth-order valence-electron chi connectivity index (χ4n) is 0.664. The van der Waals surface area contributed by atoms with Gasteiger partial charge in [0.15, 0.2) is 12.5 Å². The lowest BCUT2D eigenvalue weighted by Gasteiger charge is -1.83. The number of azo groups is 1. The van der Waals surface area contributed by atoms with Gasteiger partial charge in [-0.3, -0.25) is 5.10 Å². The molecule has 1 aromatic rings. The van der Waals surface area contributed by atoms with Gasteiger partial charge in [-0.25, -0.2) is 9.98 Å². The number of hydrogen-bond donors (Lipinski definition) is 1. The average molecular weight is 136 g/mol. The molecule has 0 bridgehead atoms. The maximum absolute atomic E-state index is 3.93. The Hall–Kier alpha value is -1.59. The van der Waals surface area contributed by atoms with E-state index in [1.54, 1.807) is 0 Å². The lowest BCUT2D eigenvalue weighted by molar-refractivity contribution is 1.05. The molecule has 0 radical (unpaired) electrons. The molecule has 2 heterocycles.